The molecule has 2 aromatic heterocycles. The van der Waals surface area contributed by atoms with E-state index in [4.69, 9.17) is 0 Å². The molecule has 0 fully saturated rings. The molecule has 0 aliphatic carbocycles. The molecule has 0 spiro atoms. The van der Waals surface area contributed by atoms with Gasteiger partial charge >= 0.3 is 0 Å². The zero-order valence-corrected chi connectivity index (χ0v) is 7.35. The Kier molecular flexibility index (Phi) is 1.62. The first-order valence-corrected chi connectivity index (χ1v) is 4.39. The van der Waals surface area contributed by atoms with Crippen LogP contribution in [0.3, 0.4) is 0 Å². The quantitative estimate of drug-likeness (QED) is 0.706. The maximum atomic E-state index is 9.28. The first-order valence-electron chi connectivity index (χ1n) is 3.57. The number of aromatic amines is 1. The summed E-state index contributed by atoms with van der Waals surface area (Å²) in [6, 6.07) is 3.83. The Morgan fingerprint density at radius 1 is 1.58 bits per heavy atom. The zero-order valence-electron chi connectivity index (χ0n) is 6.53. The van der Waals surface area contributed by atoms with E-state index in [0.29, 0.717) is 10.8 Å². The number of aromatic nitrogens is 2. The average molecular weight is 180 g/mol. The van der Waals surface area contributed by atoms with E-state index >= 15 is 0 Å². The van der Waals surface area contributed by atoms with Crippen molar-refractivity contribution in [3.8, 4) is 15.8 Å². The van der Waals surface area contributed by atoms with E-state index in [-0.39, 0.29) is 0 Å². The monoisotopic (exact) mass is 180 g/mol. The largest absolute Gasteiger partial charge is 0.498 e. The summed E-state index contributed by atoms with van der Waals surface area (Å²) < 4.78 is 0. The molecule has 12 heavy (non-hydrogen) atoms. The average Bonchev–Trinajstić information content (AvgIpc) is 2.61. The van der Waals surface area contributed by atoms with Gasteiger partial charge in [-0.2, -0.15) is 0 Å². The van der Waals surface area contributed by atoms with Crippen molar-refractivity contribution >= 4 is 11.3 Å². The molecule has 2 heterocycles. The first-order chi connectivity index (χ1) is 5.77. The van der Waals surface area contributed by atoms with Crippen LogP contribution in [-0.2, 0) is 0 Å². The van der Waals surface area contributed by atoms with Crippen LogP contribution in [0.4, 0.5) is 0 Å². The minimum atomic E-state index is 0.291. The van der Waals surface area contributed by atoms with E-state index in [0.717, 1.165) is 10.7 Å². The zero-order chi connectivity index (χ0) is 8.55. The van der Waals surface area contributed by atoms with E-state index in [1.54, 1.807) is 6.92 Å². The lowest BCUT2D eigenvalue weighted by Gasteiger charge is -1.85. The van der Waals surface area contributed by atoms with Crippen LogP contribution < -0.4 is 0 Å². The molecule has 4 heteroatoms. The third kappa shape index (κ3) is 1.10. The lowest BCUT2D eigenvalue weighted by Crippen LogP contribution is -1.74. The number of H-pyrrole nitrogens is 1. The van der Waals surface area contributed by atoms with Crippen LogP contribution in [0.2, 0.25) is 0 Å². The Bertz CT molecular complexity index is 358. The van der Waals surface area contributed by atoms with Gasteiger partial charge in [-0.05, 0) is 19.1 Å². The Hall–Kier alpha value is -1.29. The molecule has 0 amide bonds. The fraction of sp³-hybridized carbons (Fsp3) is 0.125. The first kappa shape index (κ1) is 7.36. The van der Waals surface area contributed by atoms with Crippen molar-refractivity contribution in [2.75, 3.05) is 0 Å². The second-order valence-corrected chi connectivity index (χ2v) is 3.47. The number of aryl methyl sites for hydroxylation is 1. The van der Waals surface area contributed by atoms with Gasteiger partial charge in [0.15, 0.2) is 5.06 Å². The minimum absolute atomic E-state index is 0.291. The van der Waals surface area contributed by atoms with Crippen LogP contribution in [-0.4, -0.2) is 15.1 Å². The Balaban J connectivity index is 2.48. The molecule has 2 rings (SSSR count). The Morgan fingerprint density at radius 2 is 2.42 bits per heavy atom. The van der Waals surface area contributed by atoms with Crippen molar-refractivity contribution in [2.24, 2.45) is 0 Å². The summed E-state index contributed by atoms with van der Waals surface area (Å²) in [5, 5.41) is 10.4. The van der Waals surface area contributed by atoms with Crippen LogP contribution in [0.5, 0.6) is 5.06 Å². The van der Waals surface area contributed by atoms with Gasteiger partial charge in [-0.15, -0.1) is 0 Å². The minimum Gasteiger partial charge on any atom is -0.498 e. The predicted molar refractivity (Wildman–Crippen MR) is 48.3 cm³/mol. The highest BCUT2D eigenvalue weighted by Crippen LogP contribution is 2.31. The summed E-state index contributed by atoms with van der Waals surface area (Å²) in [7, 11) is 0. The summed E-state index contributed by atoms with van der Waals surface area (Å²) in [5.74, 6) is 0. The summed E-state index contributed by atoms with van der Waals surface area (Å²) in [5.41, 5.74) is 1.63. The van der Waals surface area contributed by atoms with Gasteiger partial charge in [0.1, 0.15) is 5.01 Å². The van der Waals surface area contributed by atoms with Crippen molar-refractivity contribution in [1.29, 1.82) is 0 Å². The molecule has 3 nitrogen and oxygen atoms in total. The fourth-order valence-electron chi connectivity index (χ4n) is 0.967. The van der Waals surface area contributed by atoms with Gasteiger partial charge in [0.05, 0.1) is 11.4 Å². The standard InChI is InChI=1S/C8H8N2OS/c1-5-8(11)12-7(10-5)6-3-2-4-9-6/h2-4,9,11H,1H3. The van der Waals surface area contributed by atoms with Crippen LogP contribution >= 0.6 is 11.3 Å². The van der Waals surface area contributed by atoms with Gasteiger partial charge < -0.3 is 10.1 Å². The number of aromatic hydroxyl groups is 1. The normalized spacial score (nSPS) is 10.4. The Labute approximate surface area is 73.7 Å². The molecular weight excluding hydrogens is 172 g/mol. The summed E-state index contributed by atoms with van der Waals surface area (Å²) >= 11 is 1.29. The Morgan fingerprint density at radius 3 is 2.92 bits per heavy atom. The third-order valence-electron chi connectivity index (χ3n) is 1.60. The third-order valence-corrected chi connectivity index (χ3v) is 2.59. The molecule has 2 N–H and O–H groups in total. The van der Waals surface area contributed by atoms with Crippen molar-refractivity contribution < 1.29 is 5.11 Å². The maximum Gasteiger partial charge on any atom is 0.195 e. The van der Waals surface area contributed by atoms with E-state index < -0.39 is 0 Å². The number of nitrogens with zero attached hydrogens (tertiary/aromatic N) is 1. The smallest absolute Gasteiger partial charge is 0.195 e. The molecule has 0 atom stereocenters. The molecule has 0 aliphatic rings. The molecular formula is C8H8N2OS. The molecule has 0 unspecified atom stereocenters. The van der Waals surface area contributed by atoms with E-state index in [1.165, 1.54) is 11.3 Å². The molecule has 0 aliphatic heterocycles. The topological polar surface area (TPSA) is 48.9 Å². The highest BCUT2D eigenvalue weighted by molar-refractivity contribution is 7.16. The second kappa shape index (κ2) is 2.64. The summed E-state index contributed by atoms with van der Waals surface area (Å²) in [6.45, 7) is 1.79. The lowest BCUT2D eigenvalue weighted by molar-refractivity contribution is 0.485. The fourth-order valence-corrected chi connectivity index (χ4v) is 1.76. The van der Waals surface area contributed by atoms with Crippen molar-refractivity contribution in [2.45, 2.75) is 6.92 Å². The number of thiazole rings is 1. The molecule has 0 aromatic carbocycles. The molecule has 0 saturated carbocycles. The highest BCUT2D eigenvalue weighted by Gasteiger charge is 2.07. The van der Waals surface area contributed by atoms with Crippen LogP contribution in [0.15, 0.2) is 18.3 Å². The van der Waals surface area contributed by atoms with Gasteiger partial charge in [-0.1, -0.05) is 11.3 Å². The van der Waals surface area contributed by atoms with Crippen molar-refractivity contribution in [1.82, 2.24) is 9.97 Å². The number of nitrogens with one attached hydrogen (secondary N) is 1. The van der Waals surface area contributed by atoms with Gasteiger partial charge in [-0.25, -0.2) is 4.98 Å². The van der Waals surface area contributed by atoms with Crippen molar-refractivity contribution in [3.63, 3.8) is 0 Å². The molecule has 0 saturated heterocycles. The predicted octanol–water partition coefficient (Wildman–Crippen LogP) is 2.15. The lowest BCUT2D eigenvalue weighted by atomic mass is 10.4. The highest BCUT2D eigenvalue weighted by atomic mass is 32.1. The number of rotatable bonds is 1. The number of hydrogen-bond acceptors (Lipinski definition) is 3. The van der Waals surface area contributed by atoms with Gasteiger partial charge in [0.2, 0.25) is 0 Å². The van der Waals surface area contributed by atoms with Crippen molar-refractivity contribution in [3.05, 3.63) is 24.0 Å². The van der Waals surface area contributed by atoms with Crippen LogP contribution in [0.25, 0.3) is 10.7 Å². The SMILES string of the molecule is Cc1nc(-c2ccc[nH]2)sc1O. The summed E-state index contributed by atoms with van der Waals surface area (Å²) in [4.78, 5) is 7.22. The van der Waals surface area contributed by atoms with E-state index in [1.807, 2.05) is 18.3 Å². The van der Waals surface area contributed by atoms with E-state index in [2.05, 4.69) is 9.97 Å². The van der Waals surface area contributed by atoms with Gasteiger partial charge in [0, 0.05) is 6.20 Å². The second-order valence-electron chi connectivity index (χ2n) is 2.49. The maximum absolute atomic E-state index is 9.28. The molecule has 0 bridgehead atoms. The van der Waals surface area contributed by atoms with Gasteiger partial charge in [-0.3, -0.25) is 0 Å². The number of hydrogen-bond donors (Lipinski definition) is 2. The molecule has 2 aromatic rings. The van der Waals surface area contributed by atoms with E-state index in [9.17, 15) is 5.11 Å². The molecule has 62 valence electrons. The van der Waals surface area contributed by atoms with Crippen LogP contribution in [0, 0.1) is 6.92 Å². The van der Waals surface area contributed by atoms with Crippen LogP contribution in [0.1, 0.15) is 5.69 Å². The van der Waals surface area contributed by atoms with Gasteiger partial charge in [0.25, 0.3) is 0 Å². The molecule has 0 radical (unpaired) electrons. The summed E-state index contributed by atoms with van der Waals surface area (Å²) in [6.07, 6.45) is 1.84.